The zero-order valence-electron chi connectivity index (χ0n) is 12.6. The molecule has 0 aromatic heterocycles. The Balaban J connectivity index is 2.46. The zero-order valence-corrected chi connectivity index (χ0v) is 12.6. The van der Waals surface area contributed by atoms with Crippen LogP contribution in [0.25, 0.3) is 0 Å². The van der Waals surface area contributed by atoms with Gasteiger partial charge in [-0.2, -0.15) is 0 Å². The molecular weight excluding hydrogens is 236 g/mol. The molecule has 0 aliphatic carbocycles. The standard InChI is InChI=1S/C16H28N2O/c1-4-10-17-13-15-8-6-7-9-16(15)14-18(3)11-12-19-5-2/h6-9,17H,4-5,10-14H2,1-3H3. The predicted octanol–water partition coefficient (Wildman–Crippen LogP) is 2.65. The molecule has 1 rings (SSSR count). The van der Waals surface area contributed by atoms with Crippen LogP contribution in [-0.2, 0) is 17.8 Å². The Hall–Kier alpha value is -0.900. The van der Waals surface area contributed by atoms with E-state index >= 15 is 0 Å². The topological polar surface area (TPSA) is 24.5 Å². The fourth-order valence-electron chi connectivity index (χ4n) is 2.02. The van der Waals surface area contributed by atoms with Crippen molar-refractivity contribution < 1.29 is 4.74 Å². The van der Waals surface area contributed by atoms with Crippen LogP contribution in [0.1, 0.15) is 31.4 Å². The average Bonchev–Trinajstić information content (AvgIpc) is 2.41. The third-order valence-electron chi connectivity index (χ3n) is 3.12. The first-order chi connectivity index (χ1) is 9.27. The summed E-state index contributed by atoms with van der Waals surface area (Å²) in [5, 5.41) is 3.47. The lowest BCUT2D eigenvalue weighted by Gasteiger charge is -2.19. The average molecular weight is 264 g/mol. The Labute approximate surface area is 118 Å². The number of benzene rings is 1. The van der Waals surface area contributed by atoms with Crippen LogP contribution in [0.3, 0.4) is 0 Å². The molecule has 0 spiro atoms. The summed E-state index contributed by atoms with van der Waals surface area (Å²) < 4.78 is 5.40. The minimum Gasteiger partial charge on any atom is -0.380 e. The van der Waals surface area contributed by atoms with E-state index in [4.69, 9.17) is 4.74 Å². The van der Waals surface area contributed by atoms with Crippen molar-refractivity contribution in [1.82, 2.24) is 10.2 Å². The molecule has 1 aromatic carbocycles. The first-order valence-corrected chi connectivity index (χ1v) is 7.31. The minimum absolute atomic E-state index is 0.797. The van der Waals surface area contributed by atoms with Crippen LogP contribution in [0.5, 0.6) is 0 Å². The van der Waals surface area contributed by atoms with Crippen molar-refractivity contribution in [3.05, 3.63) is 35.4 Å². The van der Waals surface area contributed by atoms with Crippen LogP contribution >= 0.6 is 0 Å². The van der Waals surface area contributed by atoms with Crippen molar-refractivity contribution in [2.45, 2.75) is 33.4 Å². The van der Waals surface area contributed by atoms with Crippen LogP contribution in [0.15, 0.2) is 24.3 Å². The van der Waals surface area contributed by atoms with Crippen molar-refractivity contribution in [3.63, 3.8) is 0 Å². The van der Waals surface area contributed by atoms with Crippen LogP contribution in [-0.4, -0.2) is 38.3 Å². The highest BCUT2D eigenvalue weighted by Crippen LogP contribution is 2.11. The van der Waals surface area contributed by atoms with Crippen LogP contribution in [0, 0.1) is 0 Å². The van der Waals surface area contributed by atoms with E-state index in [1.807, 2.05) is 6.92 Å². The number of hydrogen-bond donors (Lipinski definition) is 1. The minimum atomic E-state index is 0.797. The predicted molar refractivity (Wildman–Crippen MR) is 81.3 cm³/mol. The summed E-state index contributed by atoms with van der Waals surface area (Å²) in [7, 11) is 2.15. The summed E-state index contributed by atoms with van der Waals surface area (Å²) in [5.74, 6) is 0. The van der Waals surface area contributed by atoms with E-state index in [1.54, 1.807) is 0 Å². The molecular formula is C16H28N2O. The summed E-state index contributed by atoms with van der Waals surface area (Å²) >= 11 is 0. The molecule has 0 aliphatic rings. The Bertz CT molecular complexity index is 341. The fourth-order valence-corrected chi connectivity index (χ4v) is 2.02. The highest BCUT2D eigenvalue weighted by molar-refractivity contribution is 5.26. The Morgan fingerprint density at radius 1 is 1.16 bits per heavy atom. The van der Waals surface area contributed by atoms with Gasteiger partial charge < -0.3 is 10.1 Å². The fraction of sp³-hybridized carbons (Fsp3) is 0.625. The van der Waals surface area contributed by atoms with Crippen LogP contribution in [0.4, 0.5) is 0 Å². The molecule has 1 N–H and O–H groups in total. The lowest BCUT2D eigenvalue weighted by molar-refractivity contribution is 0.120. The highest BCUT2D eigenvalue weighted by atomic mass is 16.5. The third-order valence-corrected chi connectivity index (χ3v) is 3.12. The van der Waals surface area contributed by atoms with Gasteiger partial charge in [-0.25, -0.2) is 0 Å². The normalized spacial score (nSPS) is 11.2. The zero-order chi connectivity index (χ0) is 13.9. The molecule has 0 saturated carbocycles. The number of nitrogens with zero attached hydrogens (tertiary/aromatic N) is 1. The maximum atomic E-state index is 5.40. The molecule has 3 heteroatoms. The largest absolute Gasteiger partial charge is 0.380 e. The van der Waals surface area contributed by atoms with E-state index in [-0.39, 0.29) is 0 Å². The molecule has 0 aliphatic heterocycles. The van der Waals surface area contributed by atoms with E-state index in [0.717, 1.165) is 39.4 Å². The van der Waals surface area contributed by atoms with Gasteiger partial charge in [-0.05, 0) is 38.1 Å². The van der Waals surface area contributed by atoms with E-state index in [0.29, 0.717) is 0 Å². The molecule has 0 heterocycles. The van der Waals surface area contributed by atoms with E-state index in [1.165, 1.54) is 17.5 Å². The van der Waals surface area contributed by atoms with Gasteiger partial charge in [0, 0.05) is 26.2 Å². The molecule has 108 valence electrons. The summed E-state index contributed by atoms with van der Waals surface area (Å²) in [6.07, 6.45) is 1.18. The summed E-state index contributed by atoms with van der Waals surface area (Å²) in [6.45, 7) is 9.84. The first-order valence-electron chi connectivity index (χ1n) is 7.31. The van der Waals surface area contributed by atoms with Gasteiger partial charge in [-0.3, -0.25) is 4.90 Å². The van der Waals surface area contributed by atoms with Gasteiger partial charge in [0.1, 0.15) is 0 Å². The first kappa shape index (κ1) is 16.2. The van der Waals surface area contributed by atoms with Crippen molar-refractivity contribution >= 4 is 0 Å². The molecule has 0 atom stereocenters. The monoisotopic (exact) mass is 264 g/mol. The van der Waals surface area contributed by atoms with Crippen LogP contribution in [0.2, 0.25) is 0 Å². The Kier molecular flexibility index (Phi) is 8.47. The summed E-state index contributed by atoms with van der Waals surface area (Å²) in [6, 6.07) is 8.68. The van der Waals surface area contributed by atoms with Gasteiger partial charge in [-0.1, -0.05) is 31.2 Å². The number of rotatable bonds is 10. The quantitative estimate of drug-likeness (QED) is 0.658. The van der Waals surface area contributed by atoms with Crippen molar-refractivity contribution in [2.75, 3.05) is 33.4 Å². The van der Waals surface area contributed by atoms with Gasteiger partial charge in [0.15, 0.2) is 0 Å². The molecule has 0 unspecified atom stereocenters. The lowest BCUT2D eigenvalue weighted by Crippen LogP contribution is -2.24. The molecule has 0 fully saturated rings. The molecule has 19 heavy (non-hydrogen) atoms. The maximum absolute atomic E-state index is 5.40. The number of nitrogens with one attached hydrogen (secondary N) is 1. The lowest BCUT2D eigenvalue weighted by atomic mass is 10.1. The van der Waals surface area contributed by atoms with Gasteiger partial charge in [0.05, 0.1) is 6.61 Å². The van der Waals surface area contributed by atoms with E-state index in [2.05, 4.69) is 48.5 Å². The second kappa shape index (κ2) is 9.96. The molecule has 1 aromatic rings. The molecule has 0 bridgehead atoms. The summed E-state index contributed by atoms with van der Waals surface area (Å²) in [5.41, 5.74) is 2.81. The van der Waals surface area contributed by atoms with Gasteiger partial charge in [0.25, 0.3) is 0 Å². The molecule has 0 amide bonds. The van der Waals surface area contributed by atoms with E-state index < -0.39 is 0 Å². The molecule has 3 nitrogen and oxygen atoms in total. The van der Waals surface area contributed by atoms with Gasteiger partial charge in [0.2, 0.25) is 0 Å². The van der Waals surface area contributed by atoms with Crippen LogP contribution < -0.4 is 5.32 Å². The smallest absolute Gasteiger partial charge is 0.0593 e. The highest BCUT2D eigenvalue weighted by Gasteiger charge is 2.05. The molecule has 0 saturated heterocycles. The van der Waals surface area contributed by atoms with E-state index in [9.17, 15) is 0 Å². The number of ether oxygens (including phenoxy) is 1. The summed E-state index contributed by atoms with van der Waals surface area (Å²) in [4.78, 5) is 2.31. The number of likely N-dealkylation sites (N-methyl/N-ethyl adjacent to an activating group) is 1. The second-order valence-electron chi connectivity index (χ2n) is 4.88. The van der Waals surface area contributed by atoms with Crippen molar-refractivity contribution in [1.29, 1.82) is 0 Å². The van der Waals surface area contributed by atoms with Crippen molar-refractivity contribution in [3.8, 4) is 0 Å². The molecule has 0 radical (unpaired) electrons. The van der Waals surface area contributed by atoms with Crippen molar-refractivity contribution in [2.24, 2.45) is 0 Å². The maximum Gasteiger partial charge on any atom is 0.0593 e. The Morgan fingerprint density at radius 2 is 1.89 bits per heavy atom. The van der Waals surface area contributed by atoms with Gasteiger partial charge >= 0.3 is 0 Å². The number of hydrogen-bond acceptors (Lipinski definition) is 3. The SMILES string of the molecule is CCCNCc1ccccc1CN(C)CCOCC. The second-order valence-corrected chi connectivity index (χ2v) is 4.88. The Morgan fingerprint density at radius 3 is 2.58 bits per heavy atom. The van der Waals surface area contributed by atoms with Gasteiger partial charge in [-0.15, -0.1) is 0 Å². The third kappa shape index (κ3) is 6.71.